The highest BCUT2D eigenvalue weighted by molar-refractivity contribution is 5.71. The molecule has 3 rings (SSSR count). The van der Waals surface area contributed by atoms with E-state index in [2.05, 4.69) is 15.0 Å². The van der Waals surface area contributed by atoms with Crippen molar-refractivity contribution >= 4 is 5.97 Å². The summed E-state index contributed by atoms with van der Waals surface area (Å²) in [6.07, 6.45) is 4.89. The number of rotatable bonds is 8. The van der Waals surface area contributed by atoms with Crippen LogP contribution in [0.5, 0.6) is 5.75 Å². The number of ether oxygens (including phenoxy) is 2. The summed E-state index contributed by atoms with van der Waals surface area (Å²) in [6, 6.07) is 9.19. The number of esters is 1. The van der Waals surface area contributed by atoms with Crippen LogP contribution < -0.4 is 10.1 Å². The molecule has 0 bridgehead atoms. The summed E-state index contributed by atoms with van der Waals surface area (Å²) < 4.78 is 26.1. The van der Waals surface area contributed by atoms with Gasteiger partial charge in [0.2, 0.25) is 0 Å². The number of hydrogen-bond donors (Lipinski definition) is 1. The first kappa shape index (κ1) is 20.5. The van der Waals surface area contributed by atoms with E-state index in [0.717, 1.165) is 22.3 Å². The first-order valence-corrected chi connectivity index (χ1v) is 9.25. The Morgan fingerprint density at radius 3 is 2.48 bits per heavy atom. The van der Waals surface area contributed by atoms with Crippen LogP contribution in [-0.2, 0) is 22.6 Å². The summed E-state index contributed by atoms with van der Waals surface area (Å²) in [5.74, 6) is -0.0155. The number of carbonyl (C=O) groups is 1. The second-order valence-electron chi connectivity index (χ2n) is 6.78. The van der Waals surface area contributed by atoms with Gasteiger partial charge in [-0.1, -0.05) is 18.2 Å². The molecule has 0 aliphatic rings. The van der Waals surface area contributed by atoms with E-state index >= 15 is 0 Å². The van der Waals surface area contributed by atoms with Gasteiger partial charge in [-0.3, -0.25) is 0 Å². The largest absolute Gasteiger partial charge is 0.481 e. The topological polar surface area (TPSA) is 65.4 Å². The van der Waals surface area contributed by atoms with Crippen LogP contribution in [0, 0.1) is 19.7 Å². The van der Waals surface area contributed by atoms with Crippen molar-refractivity contribution in [2.24, 2.45) is 0 Å². The normalized spacial score (nSPS) is 10.8. The standard InChI is InChI=1S/C22H24FN3O3/c1-15-8-18(9-16(2)22(15)29-13-21(27)28-3)12-25-11-17-4-5-20(19(23)10-17)26-7-6-24-14-26/h4-10,14,25H,11-13H2,1-3H3. The number of halogens is 1. The number of imidazole rings is 1. The van der Waals surface area contributed by atoms with Crippen LogP contribution in [0.15, 0.2) is 49.1 Å². The number of nitrogens with one attached hydrogen (secondary N) is 1. The van der Waals surface area contributed by atoms with Crippen LogP contribution in [0.4, 0.5) is 4.39 Å². The number of hydrogen-bond acceptors (Lipinski definition) is 5. The smallest absolute Gasteiger partial charge is 0.343 e. The molecule has 1 aromatic heterocycles. The van der Waals surface area contributed by atoms with E-state index < -0.39 is 5.97 Å². The lowest BCUT2D eigenvalue weighted by Crippen LogP contribution is -2.15. The van der Waals surface area contributed by atoms with Gasteiger partial charge in [-0.15, -0.1) is 0 Å². The predicted octanol–water partition coefficient (Wildman–Crippen LogP) is 3.47. The highest BCUT2D eigenvalue weighted by Gasteiger charge is 2.10. The molecule has 0 saturated heterocycles. The third-order valence-electron chi connectivity index (χ3n) is 4.54. The third-order valence-corrected chi connectivity index (χ3v) is 4.54. The van der Waals surface area contributed by atoms with Crippen LogP contribution in [0.2, 0.25) is 0 Å². The van der Waals surface area contributed by atoms with Gasteiger partial charge in [0.25, 0.3) is 0 Å². The molecular formula is C22H24FN3O3. The Kier molecular flexibility index (Phi) is 6.61. The van der Waals surface area contributed by atoms with E-state index in [1.807, 2.05) is 32.0 Å². The molecule has 3 aromatic rings. The van der Waals surface area contributed by atoms with Crippen molar-refractivity contribution in [3.05, 3.63) is 77.1 Å². The van der Waals surface area contributed by atoms with Gasteiger partial charge in [-0.2, -0.15) is 0 Å². The molecule has 0 amide bonds. The SMILES string of the molecule is COC(=O)COc1c(C)cc(CNCc2ccc(-n3ccnc3)c(F)c2)cc1C. The fourth-order valence-electron chi connectivity index (χ4n) is 3.18. The highest BCUT2D eigenvalue weighted by atomic mass is 19.1. The van der Waals surface area contributed by atoms with E-state index in [-0.39, 0.29) is 12.4 Å². The van der Waals surface area contributed by atoms with Gasteiger partial charge in [0, 0.05) is 25.5 Å². The molecule has 0 saturated carbocycles. The van der Waals surface area contributed by atoms with E-state index in [1.165, 1.54) is 13.2 Å². The third kappa shape index (κ3) is 5.20. The quantitative estimate of drug-likeness (QED) is 0.590. The molecule has 7 heteroatoms. The Morgan fingerprint density at radius 2 is 1.86 bits per heavy atom. The maximum atomic E-state index is 14.3. The van der Waals surface area contributed by atoms with Crippen molar-refractivity contribution < 1.29 is 18.7 Å². The monoisotopic (exact) mass is 397 g/mol. The van der Waals surface area contributed by atoms with Crippen molar-refractivity contribution in [2.45, 2.75) is 26.9 Å². The van der Waals surface area contributed by atoms with E-state index in [9.17, 15) is 9.18 Å². The average Bonchev–Trinajstić information content (AvgIpc) is 3.21. The number of benzene rings is 2. The first-order valence-electron chi connectivity index (χ1n) is 9.25. The molecule has 0 aliphatic carbocycles. The molecule has 0 radical (unpaired) electrons. The number of nitrogens with zero attached hydrogens (tertiary/aromatic N) is 2. The van der Waals surface area contributed by atoms with Gasteiger partial charge < -0.3 is 19.4 Å². The Morgan fingerprint density at radius 1 is 1.14 bits per heavy atom. The molecule has 0 spiro atoms. The molecule has 1 N–H and O–H groups in total. The summed E-state index contributed by atoms with van der Waals surface area (Å²) in [7, 11) is 1.33. The summed E-state index contributed by atoms with van der Waals surface area (Å²) in [5, 5.41) is 3.33. The van der Waals surface area contributed by atoms with Gasteiger partial charge in [-0.05, 0) is 48.2 Å². The average molecular weight is 397 g/mol. The Bertz CT molecular complexity index is 964. The molecular weight excluding hydrogens is 373 g/mol. The Hall–Kier alpha value is -3.19. The second kappa shape index (κ2) is 9.34. The molecule has 6 nitrogen and oxygen atoms in total. The van der Waals surface area contributed by atoms with Gasteiger partial charge in [0.05, 0.1) is 19.1 Å². The maximum Gasteiger partial charge on any atom is 0.343 e. The van der Waals surface area contributed by atoms with Gasteiger partial charge in [0.1, 0.15) is 11.6 Å². The van der Waals surface area contributed by atoms with Crippen molar-refractivity contribution in [2.75, 3.05) is 13.7 Å². The van der Waals surface area contributed by atoms with Crippen molar-refractivity contribution in [1.82, 2.24) is 14.9 Å². The number of aryl methyl sites for hydroxylation is 2. The minimum absolute atomic E-state index is 0.115. The fraction of sp³-hybridized carbons (Fsp3) is 0.273. The lowest BCUT2D eigenvalue weighted by molar-refractivity contribution is -0.142. The van der Waals surface area contributed by atoms with Crippen LogP contribution in [0.25, 0.3) is 5.69 Å². The zero-order chi connectivity index (χ0) is 20.8. The molecule has 0 fully saturated rings. The van der Waals surface area contributed by atoms with Crippen LogP contribution in [0.1, 0.15) is 22.3 Å². The minimum atomic E-state index is -0.416. The van der Waals surface area contributed by atoms with Crippen LogP contribution in [0.3, 0.4) is 0 Å². The number of aromatic nitrogens is 2. The van der Waals surface area contributed by atoms with Crippen molar-refractivity contribution in [3.8, 4) is 11.4 Å². The molecule has 0 unspecified atom stereocenters. The van der Waals surface area contributed by atoms with Crippen LogP contribution in [-0.4, -0.2) is 29.2 Å². The number of carbonyl (C=O) groups excluding carboxylic acids is 1. The summed E-state index contributed by atoms with van der Waals surface area (Å²) >= 11 is 0. The summed E-state index contributed by atoms with van der Waals surface area (Å²) in [5.41, 5.74) is 4.31. The molecule has 29 heavy (non-hydrogen) atoms. The Balaban J connectivity index is 1.59. The van der Waals surface area contributed by atoms with Crippen LogP contribution >= 0.6 is 0 Å². The van der Waals surface area contributed by atoms with Gasteiger partial charge in [-0.25, -0.2) is 14.2 Å². The van der Waals surface area contributed by atoms with E-state index in [1.54, 1.807) is 29.4 Å². The molecule has 152 valence electrons. The van der Waals surface area contributed by atoms with Crippen molar-refractivity contribution in [3.63, 3.8) is 0 Å². The van der Waals surface area contributed by atoms with E-state index in [4.69, 9.17) is 4.74 Å². The van der Waals surface area contributed by atoms with E-state index in [0.29, 0.717) is 24.5 Å². The first-order chi connectivity index (χ1) is 14.0. The highest BCUT2D eigenvalue weighted by Crippen LogP contribution is 2.25. The zero-order valence-corrected chi connectivity index (χ0v) is 16.7. The lowest BCUT2D eigenvalue weighted by atomic mass is 10.1. The molecule has 0 aliphatic heterocycles. The summed E-state index contributed by atoms with van der Waals surface area (Å²) in [6.45, 7) is 4.93. The predicted molar refractivity (Wildman–Crippen MR) is 107 cm³/mol. The molecule has 2 aromatic carbocycles. The molecule has 1 heterocycles. The summed E-state index contributed by atoms with van der Waals surface area (Å²) in [4.78, 5) is 15.2. The zero-order valence-electron chi connectivity index (χ0n) is 16.7. The fourth-order valence-corrected chi connectivity index (χ4v) is 3.18. The lowest BCUT2D eigenvalue weighted by Gasteiger charge is -2.14. The Labute approximate surface area is 169 Å². The number of methoxy groups -OCH3 is 1. The molecule has 0 atom stereocenters. The maximum absolute atomic E-state index is 14.3. The van der Waals surface area contributed by atoms with Crippen molar-refractivity contribution in [1.29, 1.82) is 0 Å². The van der Waals surface area contributed by atoms with Gasteiger partial charge in [0.15, 0.2) is 6.61 Å². The minimum Gasteiger partial charge on any atom is -0.481 e. The van der Waals surface area contributed by atoms with Gasteiger partial charge >= 0.3 is 5.97 Å². The second-order valence-corrected chi connectivity index (χ2v) is 6.78.